The van der Waals surface area contributed by atoms with Crippen molar-refractivity contribution in [3.63, 3.8) is 0 Å². The summed E-state index contributed by atoms with van der Waals surface area (Å²) in [4.78, 5) is 0. The van der Waals surface area contributed by atoms with Gasteiger partial charge in [-0.05, 0) is 25.8 Å². The Bertz CT molecular complexity index is 380. The molecule has 100 valence electrons. The van der Waals surface area contributed by atoms with E-state index in [1.165, 1.54) is 12.8 Å². The number of ether oxygens (including phenoxy) is 2. The Kier molecular flexibility index (Phi) is 4.81. The normalized spacial score (nSPS) is 14.6. The molecule has 2 rings (SSSR count). The molecule has 0 aromatic heterocycles. The Labute approximate surface area is 107 Å². The quantitative estimate of drug-likeness (QED) is 0.772. The van der Waals surface area contributed by atoms with Crippen LogP contribution in [-0.4, -0.2) is 25.9 Å². The van der Waals surface area contributed by atoms with Gasteiger partial charge in [0.25, 0.3) is 0 Å². The Hall–Kier alpha value is -1.29. The Morgan fingerprint density at radius 1 is 1.33 bits per heavy atom. The number of nitrogens with one attached hydrogen (secondary N) is 1. The van der Waals surface area contributed by atoms with Gasteiger partial charge < -0.3 is 14.8 Å². The molecular weight excluding hydrogens is 233 g/mol. The highest BCUT2D eigenvalue weighted by Gasteiger charge is 2.21. The zero-order valence-electron chi connectivity index (χ0n) is 10.7. The third-order valence-electron chi connectivity index (χ3n) is 2.84. The highest BCUT2D eigenvalue weighted by Crippen LogP contribution is 2.32. The second-order valence-corrected chi connectivity index (χ2v) is 4.37. The first kappa shape index (κ1) is 13.1. The molecule has 1 aromatic rings. The van der Waals surface area contributed by atoms with Gasteiger partial charge in [0.05, 0.1) is 6.61 Å². The SMILES string of the molecule is CCOc1cccc(CNC2CC2)c1OCCF. The first-order valence-corrected chi connectivity index (χ1v) is 6.52. The van der Waals surface area contributed by atoms with Crippen LogP contribution in [-0.2, 0) is 6.54 Å². The number of rotatable bonds is 8. The lowest BCUT2D eigenvalue weighted by Crippen LogP contribution is -2.16. The van der Waals surface area contributed by atoms with Gasteiger partial charge in [0.1, 0.15) is 13.3 Å². The molecule has 0 aliphatic heterocycles. The summed E-state index contributed by atoms with van der Waals surface area (Å²) in [5.74, 6) is 1.37. The van der Waals surface area contributed by atoms with Crippen LogP contribution in [0.5, 0.6) is 11.5 Å². The summed E-state index contributed by atoms with van der Waals surface area (Å²) < 4.78 is 23.3. The predicted molar refractivity (Wildman–Crippen MR) is 68.9 cm³/mol. The van der Waals surface area contributed by atoms with Crippen LogP contribution in [0.15, 0.2) is 18.2 Å². The lowest BCUT2D eigenvalue weighted by atomic mass is 10.2. The van der Waals surface area contributed by atoms with Gasteiger partial charge in [-0.1, -0.05) is 12.1 Å². The molecule has 0 amide bonds. The van der Waals surface area contributed by atoms with Crippen LogP contribution in [0.2, 0.25) is 0 Å². The van der Waals surface area contributed by atoms with Gasteiger partial charge in [0, 0.05) is 18.2 Å². The molecule has 0 bridgehead atoms. The van der Waals surface area contributed by atoms with E-state index in [9.17, 15) is 4.39 Å². The van der Waals surface area contributed by atoms with Crippen molar-refractivity contribution in [2.24, 2.45) is 0 Å². The largest absolute Gasteiger partial charge is 0.490 e. The van der Waals surface area contributed by atoms with Gasteiger partial charge in [-0.2, -0.15) is 0 Å². The molecule has 0 heterocycles. The molecule has 0 saturated heterocycles. The zero-order chi connectivity index (χ0) is 12.8. The summed E-state index contributed by atoms with van der Waals surface area (Å²) in [5.41, 5.74) is 1.03. The van der Waals surface area contributed by atoms with Crippen LogP contribution in [0.25, 0.3) is 0 Å². The molecule has 1 N–H and O–H groups in total. The van der Waals surface area contributed by atoms with Crippen LogP contribution in [0.4, 0.5) is 4.39 Å². The lowest BCUT2D eigenvalue weighted by molar-refractivity contribution is 0.249. The van der Waals surface area contributed by atoms with E-state index in [1.54, 1.807) is 0 Å². The molecule has 3 nitrogen and oxygen atoms in total. The third kappa shape index (κ3) is 3.60. The molecule has 1 aliphatic rings. The average Bonchev–Trinajstić information content (AvgIpc) is 3.19. The average molecular weight is 253 g/mol. The van der Waals surface area contributed by atoms with Crippen molar-refractivity contribution < 1.29 is 13.9 Å². The molecule has 0 radical (unpaired) electrons. The molecule has 4 heteroatoms. The van der Waals surface area contributed by atoms with Gasteiger partial charge in [-0.3, -0.25) is 0 Å². The number of alkyl halides is 1. The summed E-state index contributed by atoms with van der Waals surface area (Å²) in [7, 11) is 0. The predicted octanol–water partition coefficient (Wildman–Crippen LogP) is 2.69. The van der Waals surface area contributed by atoms with E-state index in [2.05, 4.69) is 5.32 Å². The monoisotopic (exact) mass is 253 g/mol. The van der Waals surface area contributed by atoms with E-state index < -0.39 is 6.67 Å². The molecule has 1 aliphatic carbocycles. The molecule has 1 saturated carbocycles. The summed E-state index contributed by atoms with van der Waals surface area (Å²) >= 11 is 0. The van der Waals surface area contributed by atoms with E-state index >= 15 is 0 Å². The van der Waals surface area contributed by atoms with Crippen LogP contribution in [0, 0.1) is 0 Å². The zero-order valence-corrected chi connectivity index (χ0v) is 10.7. The van der Waals surface area contributed by atoms with Crippen LogP contribution in [0.1, 0.15) is 25.3 Å². The van der Waals surface area contributed by atoms with Crippen LogP contribution in [0.3, 0.4) is 0 Å². The number of benzene rings is 1. The number of para-hydroxylation sites is 1. The summed E-state index contributed by atoms with van der Waals surface area (Å²) in [6, 6.07) is 6.43. The minimum atomic E-state index is -0.490. The summed E-state index contributed by atoms with van der Waals surface area (Å²) in [6.07, 6.45) is 2.48. The second-order valence-electron chi connectivity index (χ2n) is 4.37. The number of hydrogen-bond donors (Lipinski definition) is 1. The van der Waals surface area contributed by atoms with Gasteiger partial charge in [0.15, 0.2) is 11.5 Å². The van der Waals surface area contributed by atoms with Crippen molar-refractivity contribution in [1.82, 2.24) is 5.32 Å². The van der Waals surface area contributed by atoms with E-state index in [0.717, 1.165) is 12.1 Å². The minimum absolute atomic E-state index is 0.0700. The topological polar surface area (TPSA) is 30.5 Å². The summed E-state index contributed by atoms with van der Waals surface area (Å²) in [5, 5.41) is 3.43. The van der Waals surface area contributed by atoms with E-state index in [4.69, 9.17) is 9.47 Å². The van der Waals surface area contributed by atoms with Crippen LogP contribution >= 0.6 is 0 Å². The fourth-order valence-corrected chi connectivity index (χ4v) is 1.82. The second kappa shape index (κ2) is 6.59. The first-order chi connectivity index (χ1) is 8.85. The Morgan fingerprint density at radius 3 is 2.83 bits per heavy atom. The molecule has 0 spiro atoms. The van der Waals surface area contributed by atoms with Gasteiger partial charge in [0.2, 0.25) is 0 Å². The fourth-order valence-electron chi connectivity index (χ4n) is 1.82. The smallest absolute Gasteiger partial charge is 0.165 e. The molecule has 18 heavy (non-hydrogen) atoms. The van der Waals surface area contributed by atoms with E-state index in [-0.39, 0.29) is 6.61 Å². The van der Waals surface area contributed by atoms with Crippen molar-refractivity contribution in [2.75, 3.05) is 19.9 Å². The van der Waals surface area contributed by atoms with Gasteiger partial charge >= 0.3 is 0 Å². The summed E-state index contributed by atoms with van der Waals surface area (Å²) in [6.45, 7) is 2.82. The third-order valence-corrected chi connectivity index (χ3v) is 2.84. The first-order valence-electron chi connectivity index (χ1n) is 6.52. The fraction of sp³-hybridized carbons (Fsp3) is 0.571. The minimum Gasteiger partial charge on any atom is -0.490 e. The standard InChI is InChI=1S/C14H20FNO2/c1-2-17-13-5-3-4-11(10-16-12-6-7-12)14(13)18-9-8-15/h3-5,12,16H,2,6-10H2,1H3. The van der Waals surface area contributed by atoms with Gasteiger partial charge in [-0.25, -0.2) is 4.39 Å². The maximum Gasteiger partial charge on any atom is 0.165 e. The highest BCUT2D eigenvalue weighted by molar-refractivity contribution is 5.46. The maximum absolute atomic E-state index is 12.3. The lowest BCUT2D eigenvalue weighted by Gasteiger charge is -2.15. The van der Waals surface area contributed by atoms with Crippen molar-refractivity contribution in [2.45, 2.75) is 32.4 Å². The Balaban J connectivity index is 2.09. The van der Waals surface area contributed by atoms with Crippen molar-refractivity contribution in [3.05, 3.63) is 23.8 Å². The van der Waals surface area contributed by atoms with Crippen LogP contribution < -0.4 is 14.8 Å². The number of hydrogen-bond acceptors (Lipinski definition) is 3. The maximum atomic E-state index is 12.3. The number of halogens is 1. The molecule has 0 unspecified atom stereocenters. The van der Waals surface area contributed by atoms with E-state index in [1.807, 2.05) is 25.1 Å². The van der Waals surface area contributed by atoms with Crippen molar-refractivity contribution in [3.8, 4) is 11.5 Å². The molecule has 1 aromatic carbocycles. The van der Waals surface area contributed by atoms with Crippen molar-refractivity contribution >= 4 is 0 Å². The molecular formula is C14H20FNO2. The highest BCUT2D eigenvalue weighted by atomic mass is 19.1. The van der Waals surface area contributed by atoms with E-state index in [0.29, 0.717) is 24.1 Å². The van der Waals surface area contributed by atoms with Gasteiger partial charge in [-0.15, -0.1) is 0 Å². The molecule has 1 fully saturated rings. The van der Waals surface area contributed by atoms with Crippen molar-refractivity contribution in [1.29, 1.82) is 0 Å². The Morgan fingerprint density at radius 2 is 2.17 bits per heavy atom. The molecule has 0 atom stereocenters.